The number of benzene rings is 4. The smallest absolute Gasteiger partial charge is 0.323 e. The van der Waals surface area contributed by atoms with Gasteiger partial charge in [-0.05, 0) is 52.5 Å². The second-order valence-corrected chi connectivity index (χ2v) is 11.6. The molecule has 0 saturated carbocycles. The van der Waals surface area contributed by atoms with Gasteiger partial charge in [-0.3, -0.25) is 9.36 Å². The molecule has 0 aliphatic heterocycles. The molecule has 0 fully saturated rings. The third kappa shape index (κ3) is 5.99. The molecule has 4 aromatic carbocycles. The molecular weight excluding hydrogens is 477 g/mol. The Morgan fingerprint density at radius 3 is 1.92 bits per heavy atom. The molecule has 0 heterocycles. The molecular formula is C32H32NO3P. The van der Waals surface area contributed by atoms with Crippen molar-refractivity contribution in [3.05, 3.63) is 132 Å². The van der Waals surface area contributed by atoms with Gasteiger partial charge in [0.25, 0.3) is 0 Å². The zero-order chi connectivity index (χ0) is 26.3. The summed E-state index contributed by atoms with van der Waals surface area (Å²) in [4.78, 5) is 12.8. The van der Waals surface area contributed by atoms with Crippen molar-refractivity contribution >= 4 is 35.5 Å². The summed E-state index contributed by atoms with van der Waals surface area (Å²) in [6.45, 7) is 3.83. The summed E-state index contributed by atoms with van der Waals surface area (Å²) in [6, 6.07) is 36.5. The van der Waals surface area contributed by atoms with Crippen LogP contribution in [-0.2, 0) is 14.1 Å². The average Bonchev–Trinajstić information content (AvgIpc) is 2.95. The Morgan fingerprint density at radius 1 is 0.784 bits per heavy atom. The summed E-state index contributed by atoms with van der Waals surface area (Å²) in [5.74, 6) is -0.572. The highest BCUT2D eigenvalue weighted by Crippen LogP contribution is 2.43. The summed E-state index contributed by atoms with van der Waals surface area (Å²) in [5.41, 5.74) is 3.82. The van der Waals surface area contributed by atoms with Crippen LogP contribution in [0.3, 0.4) is 0 Å². The van der Waals surface area contributed by atoms with Gasteiger partial charge in [-0.25, -0.2) is 5.09 Å². The first-order chi connectivity index (χ1) is 17.9. The predicted octanol–water partition coefficient (Wildman–Crippen LogP) is 6.29. The third-order valence-electron chi connectivity index (χ3n) is 6.29. The Hall–Kier alpha value is -3.72. The molecule has 0 saturated heterocycles. The number of rotatable bonds is 9. The van der Waals surface area contributed by atoms with Crippen LogP contribution in [0.1, 0.15) is 30.5 Å². The molecule has 0 amide bonds. The van der Waals surface area contributed by atoms with Crippen LogP contribution in [0.5, 0.6) is 0 Å². The van der Waals surface area contributed by atoms with Crippen LogP contribution < -0.4 is 15.7 Å². The summed E-state index contributed by atoms with van der Waals surface area (Å²) in [6.07, 6.45) is 2.11. The number of nitrogens with one attached hydrogen (secondary N) is 1. The molecule has 0 aromatic heterocycles. The van der Waals surface area contributed by atoms with E-state index in [0.29, 0.717) is 10.6 Å². The van der Waals surface area contributed by atoms with E-state index in [1.165, 1.54) is 7.11 Å². The highest BCUT2D eigenvalue weighted by atomic mass is 31.2. The summed E-state index contributed by atoms with van der Waals surface area (Å²) < 4.78 is 20.3. The Labute approximate surface area is 219 Å². The molecule has 5 heteroatoms. The van der Waals surface area contributed by atoms with E-state index in [2.05, 4.69) is 23.3 Å². The molecule has 4 aromatic rings. The molecule has 0 aliphatic rings. The van der Waals surface area contributed by atoms with Crippen molar-refractivity contribution in [2.45, 2.75) is 19.9 Å². The van der Waals surface area contributed by atoms with E-state index in [0.717, 1.165) is 22.3 Å². The molecule has 1 unspecified atom stereocenters. The molecule has 1 N–H and O–H groups in total. The maximum Gasteiger partial charge on any atom is 0.323 e. The molecule has 37 heavy (non-hydrogen) atoms. The summed E-state index contributed by atoms with van der Waals surface area (Å²) in [5, 5.41) is 4.55. The maximum absolute atomic E-state index is 15.2. The van der Waals surface area contributed by atoms with Crippen molar-refractivity contribution in [1.29, 1.82) is 0 Å². The van der Waals surface area contributed by atoms with E-state index in [9.17, 15) is 4.79 Å². The first-order valence-electron chi connectivity index (χ1n) is 12.4. The van der Waals surface area contributed by atoms with Gasteiger partial charge >= 0.3 is 5.97 Å². The average molecular weight is 510 g/mol. The van der Waals surface area contributed by atoms with E-state index < -0.39 is 19.3 Å². The first-order valence-corrected chi connectivity index (χ1v) is 14.1. The summed E-state index contributed by atoms with van der Waals surface area (Å²) in [7, 11) is -2.15. The third-order valence-corrected chi connectivity index (χ3v) is 9.03. The second kappa shape index (κ2) is 12.0. The van der Waals surface area contributed by atoms with Crippen molar-refractivity contribution in [2.24, 2.45) is 5.92 Å². The van der Waals surface area contributed by atoms with Crippen molar-refractivity contribution in [1.82, 2.24) is 5.09 Å². The molecule has 0 spiro atoms. The van der Waals surface area contributed by atoms with E-state index in [4.69, 9.17) is 4.74 Å². The number of hydrogen-bond acceptors (Lipinski definition) is 3. The van der Waals surface area contributed by atoms with Gasteiger partial charge in [0, 0.05) is 10.6 Å². The van der Waals surface area contributed by atoms with Crippen LogP contribution in [0.4, 0.5) is 0 Å². The number of ether oxygens (including phenoxy) is 1. The van der Waals surface area contributed by atoms with Gasteiger partial charge in [-0.1, -0.05) is 111 Å². The van der Waals surface area contributed by atoms with Crippen LogP contribution in [0.2, 0.25) is 0 Å². The van der Waals surface area contributed by atoms with Gasteiger partial charge < -0.3 is 4.74 Å². The second-order valence-electron chi connectivity index (χ2n) is 9.17. The minimum Gasteiger partial charge on any atom is -0.468 e. The maximum atomic E-state index is 15.2. The molecule has 4 nitrogen and oxygen atoms in total. The lowest BCUT2D eigenvalue weighted by atomic mass is 9.95. The summed E-state index contributed by atoms with van der Waals surface area (Å²) >= 11 is 0. The van der Waals surface area contributed by atoms with Crippen molar-refractivity contribution < 1.29 is 14.1 Å². The van der Waals surface area contributed by atoms with Gasteiger partial charge in [0.05, 0.1) is 7.11 Å². The van der Waals surface area contributed by atoms with Gasteiger partial charge in [0.2, 0.25) is 7.29 Å². The Bertz CT molecular complexity index is 1400. The zero-order valence-corrected chi connectivity index (χ0v) is 22.3. The molecule has 188 valence electrons. The zero-order valence-electron chi connectivity index (χ0n) is 21.4. The fourth-order valence-electron chi connectivity index (χ4n) is 4.34. The largest absolute Gasteiger partial charge is 0.468 e. The van der Waals surface area contributed by atoms with Crippen molar-refractivity contribution in [3.63, 3.8) is 0 Å². The lowest BCUT2D eigenvalue weighted by molar-refractivity contribution is -0.143. The Balaban J connectivity index is 1.97. The van der Waals surface area contributed by atoms with Crippen LogP contribution in [0.15, 0.2) is 115 Å². The highest BCUT2D eigenvalue weighted by Gasteiger charge is 2.37. The van der Waals surface area contributed by atoms with Crippen molar-refractivity contribution in [2.75, 3.05) is 7.11 Å². The number of carbonyl (C=O) groups excluding carboxylic acids is 1. The van der Waals surface area contributed by atoms with Crippen LogP contribution in [0.25, 0.3) is 11.6 Å². The first kappa shape index (κ1) is 26.3. The fraction of sp³-hybridized carbons (Fsp3) is 0.156. The van der Waals surface area contributed by atoms with E-state index in [1.54, 1.807) is 0 Å². The van der Waals surface area contributed by atoms with Gasteiger partial charge in [0.1, 0.15) is 6.04 Å². The number of esters is 1. The Kier molecular flexibility index (Phi) is 8.55. The highest BCUT2D eigenvalue weighted by molar-refractivity contribution is 7.77. The van der Waals surface area contributed by atoms with Gasteiger partial charge in [0.15, 0.2) is 0 Å². The van der Waals surface area contributed by atoms with E-state index in [1.807, 2.05) is 117 Å². The van der Waals surface area contributed by atoms with Gasteiger partial charge in [-0.15, -0.1) is 0 Å². The molecule has 2 atom stereocenters. The van der Waals surface area contributed by atoms with E-state index >= 15 is 4.57 Å². The van der Waals surface area contributed by atoms with Gasteiger partial charge in [-0.2, -0.15) is 0 Å². The fourth-order valence-corrected chi connectivity index (χ4v) is 7.13. The monoisotopic (exact) mass is 509 g/mol. The number of carbonyl (C=O) groups is 1. The van der Waals surface area contributed by atoms with Crippen LogP contribution >= 0.6 is 7.29 Å². The van der Waals surface area contributed by atoms with Crippen molar-refractivity contribution in [3.8, 4) is 0 Å². The minimum atomic E-state index is -3.51. The predicted molar refractivity (Wildman–Crippen MR) is 153 cm³/mol. The Morgan fingerprint density at radius 2 is 1.32 bits per heavy atom. The number of hydrogen-bond donors (Lipinski definition) is 1. The van der Waals surface area contributed by atoms with E-state index in [-0.39, 0.29) is 5.92 Å². The van der Waals surface area contributed by atoms with Crippen LogP contribution in [-0.4, -0.2) is 19.1 Å². The topological polar surface area (TPSA) is 55.4 Å². The SMILES string of the molecule is COC(=O)[C@@H](NP(=O)(c1ccccc1)c1ccccc1/C(=C/c1ccccc1)c1ccccc1)C(C)C. The lowest BCUT2D eigenvalue weighted by Gasteiger charge is -2.29. The lowest BCUT2D eigenvalue weighted by Crippen LogP contribution is -2.44. The molecule has 0 radical (unpaired) electrons. The molecule has 0 bridgehead atoms. The quantitative estimate of drug-likeness (QED) is 0.164. The molecule has 4 rings (SSSR count). The normalized spacial score (nSPS) is 14.1. The number of methoxy groups -OCH3 is 1. The standard InChI is InChI=1S/C32H32NO3P/c1-24(2)31(32(34)36-3)33-37(35,27-19-11-6-12-20-27)30-22-14-13-21-28(30)29(26-17-9-5-10-18-26)23-25-15-7-4-8-16-25/h4-24,31H,1-3H3,(H,33,35)/b29-23+/t31-,37?/m0/s1. The van der Waals surface area contributed by atoms with Crippen LogP contribution in [0, 0.1) is 5.92 Å². The molecule has 0 aliphatic carbocycles. The minimum absolute atomic E-state index is 0.134.